The van der Waals surface area contributed by atoms with Gasteiger partial charge in [-0.15, -0.1) is 0 Å². The van der Waals surface area contributed by atoms with Crippen molar-refractivity contribution in [2.75, 3.05) is 16.7 Å². The number of hydrogen-bond donors (Lipinski definition) is 1. The van der Waals surface area contributed by atoms with Crippen LogP contribution in [0, 0.1) is 30.6 Å². The molecule has 4 aliphatic carbocycles. The predicted molar refractivity (Wildman–Crippen MR) is 147 cm³/mol. The molecule has 3 aromatic rings. The molecule has 0 aliphatic heterocycles. The third-order valence-electron chi connectivity index (χ3n) is 8.95. The fraction of sp³-hybridized carbons (Fsp3) is 0.387. The molecule has 7 rings (SSSR count). The smallest absolute Gasteiger partial charge is 0.264 e. The van der Waals surface area contributed by atoms with Gasteiger partial charge in [0.1, 0.15) is 0 Å². The third-order valence-corrected chi connectivity index (χ3v) is 10.7. The molecule has 6 heteroatoms. The molecule has 37 heavy (non-hydrogen) atoms. The third kappa shape index (κ3) is 4.46. The lowest BCUT2D eigenvalue weighted by molar-refractivity contribution is -0.00277. The highest BCUT2D eigenvalue weighted by Gasteiger charge is 2.48. The number of nitrogens with one attached hydrogen (secondary N) is 1. The molecule has 0 heterocycles. The summed E-state index contributed by atoms with van der Waals surface area (Å²) in [6.45, 7) is 1.91. The van der Waals surface area contributed by atoms with Gasteiger partial charge in [0, 0.05) is 12.7 Å². The number of carbonyl (C=O) groups is 1. The maximum atomic E-state index is 13.3. The zero-order valence-corrected chi connectivity index (χ0v) is 22.2. The minimum absolute atomic E-state index is 0.191. The highest BCUT2D eigenvalue weighted by Crippen LogP contribution is 2.59. The number of carbonyl (C=O) groups excluding carboxylic acids is 1. The summed E-state index contributed by atoms with van der Waals surface area (Å²) < 4.78 is 27.7. The van der Waals surface area contributed by atoms with Crippen molar-refractivity contribution in [3.63, 3.8) is 0 Å². The molecule has 3 aromatic carbocycles. The molecule has 0 aromatic heterocycles. The van der Waals surface area contributed by atoms with Crippen LogP contribution in [-0.2, 0) is 10.0 Å². The molecular formula is C31H34N2O3S. The van der Waals surface area contributed by atoms with Crippen LogP contribution in [0.3, 0.4) is 0 Å². The van der Waals surface area contributed by atoms with Gasteiger partial charge in [0.15, 0.2) is 0 Å². The second-order valence-corrected chi connectivity index (χ2v) is 13.3. The van der Waals surface area contributed by atoms with Crippen LogP contribution in [0.5, 0.6) is 0 Å². The van der Waals surface area contributed by atoms with E-state index in [1.54, 1.807) is 48.5 Å². The van der Waals surface area contributed by atoms with Crippen molar-refractivity contribution >= 4 is 27.3 Å². The number of sulfonamides is 1. The zero-order valence-electron chi connectivity index (χ0n) is 21.4. The minimum Gasteiger partial charge on any atom is -0.322 e. The highest BCUT2D eigenvalue weighted by atomic mass is 32.2. The van der Waals surface area contributed by atoms with Gasteiger partial charge in [-0.25, -0.2) is 8.42 Å². The Bertz CT molecular complexity index is 1390. The Balaban J connectivity index is 1.20. The van der Waals surface area contributed by atoms with E-state index in [4.69, 9.17) is 0 Å². The van der Waals surface area contributed by atoms with Crippen molar-refractivity contribution in [2.24, 2.45) is 23.7 Å². The summed E-state index contributed by atoms with van der Waals surface area (Å²) in [4.78, 5) is 13.5. The summed E-state index contributed by atoms with van der Waals surface area (Å²) in [5.74, 6) is 3.85. The van der Waals surface area contributed by atoms with Gasteiger partial charge >= 0.3 is 0 Å². The second kappa shape index (κ2) is 9.32. The van der Waals surface area contributed by atoms with Gasteiger partial charge in [0.05, 0.1) is 16.1 Å². The van der Waals surface area contributed by atoms with Gasteiger partial charge in [-0.1, -0.05) is 42.0 Å². The van der Waals surface area contributed by atoms with Crippen LogP contribution in [0.1, 0.15) is 59.5 Å². The average Bonchev–Trinajstić information content (AvgIpc) is 2.89. The zero-order chi connectivity index (χ0) is 25.7. The van der Waals surface area contributed by atoms with E-state index in [2.05, 4.69) is 17.4 Å². The second-order valence-electron chi connectivity index (χ2n) is 11.3. The van der Waals surface area contributed by atoms with Crippen LogP contribution in [0.4, 0.5) is 11.4 Å². The molecule has 4 aliphatic rings. The molecule has 0 radical (unpaired) electrons. The van der Waals surface area contributed by atoms with Crippen molar-refractivity contribution in [2.45, 2.75) is 49.8 Å². The maximum absolute atomic E-state index is 13.3. The Labute approximate surface area is 220 Å². The lowest BCUT2D eigenvalue weighted by Crippen LogP contribution is -2.43. The summed E-state index contributed by atoms with van der Waals surface area (Å²) in [7, 11) is -2.32. The molecule has 0 spiro atoms. The van der Waals surface area contributed by atoms with E-state index in [9.17, 15) is 13.2 Å². The lowest BCUT2D eigenvalue weighted by atomic mass is 9.51. The van der Waals surface area contributed by atoms with Gasteiger partial charge < -0.3 is 5.32 Å². The molecular weight excluding hydrogens is 480 g/mol. The van der Waals surface area contributed by atoms with Crippen molar-refractivity contribution in [3.8, 4) is 0 Å². The number of anilines is 2. The average molecular weight is 515 g/mol. The van der Waals surface area contributed by atoms with Crippen LogP contribution in [0.25, 0.3) is 0 Å². The van der Waals surface area contributed by atoms with E-state index in [0.717, 1.165) is 34.9 Å². The largest absolute Gasteiger partial charge is 0.322 e. The molecule has 1 amide bonds. The van der Waals surface area contributed by atoms with E-state index in [1.165, 1.54) is 49.0 Å². The highest BCUT2D eigenvalue weighted by molar-refractivity contribution is 7.92. The molecule has 5 nitrogen and oxygen atoms in total. The minimum atomic E-state index is -3.81. The predicted octanol–water partition coefficient (Wildman–Crippen LogP) is 6.61. The number of aryl methyl sites for hydroxylation is 1. The standard InChI is InChI=1S/C31H34N2O3S/c1-20-7-13-27(14-8-20)37(35,36)33(2)29-6-4-3-5-28(29)31(34)32-26-11-9-23(10-12-26)30-24-16-21-15-22(18-24)19-25(30)17-21/h3-14,21-22,24-25,30H,15-19H2,1-2H3,(H,32,34). The molecule has 0 unspecified atom stereocenters. The van der Waals surface area contributed by atoms with Crippen molar-refractivity contribution < 1.29 is 13.2 Å². The normalized spacial score (nSPS) is 26.2. The Morgan fingerprint density at radius 1 is 0.811 bits per heavy atom. The van der Waals surface area contributed by atoms with Gasteiger partial charge in [-0.3, -0.25) is 9.10 Å². The summed E-state index contributed by atoms with van der Waals surface area (Å²) in [5, 5.41) is 2.99. The quantitative estimate of drug-likeness (QED) is 0.402. The summed E-state index contributed by atoms with van der Waals surface area (Å²) in [5.41, 5.74) is 3.75. The first-order valence-corrected chi connectivity index (χ1v) is 14.8. The lowest BCUT2D eigenvalue weighted by Gasteiger charge is -2.54. The fourth-order valence-electron chi connectivity index (χ4n) is 7.39. The summed E-state index contributed by atoms with van der Waals surface area (Å²) >= 11 is 0. The molecule has 4 fully saturated rings. The molecule has 0 saturated heterocycles. The number of hydrogen-bond acceptors (Lipinski definition) is 3. The van der Waals surface area contributed by atoms with Crippen molar-refractivity contribution in [3.05, 3.63) is 89.5 Å². The Morgan fingerprint density at radius 2 is 1.41 bits per heavy atom. The Hall–Kier alpha value is -3.12. The monoisotopic (exact) mass is 514 g/mol. The number of nitrogens with zero attached hydrogens (tertiary/aromatic N) is 1. The van der Waals surface area contributed by atoms with Crippen LogP contribution in [0.2, 0.25) is 0 Å². The van der Waals surface area contributed by atoms with Crippen LogP contribution in [0.15, 0.2) is 77.7 Å². The Kier molecular flexibility index (Phi) is 6.10. The molecule has 4 saturated carbocycles. The van der Waals surface area contributed by atoms with Gasteiger partial charge in [0.25, 0.3) is 15.9 Å². The van der Waals surface area contributed by atoms with Gasteiger partial charge in [0.2, 0.25) is 0 Å². The van der Waals surface area contributed by atoms with Gasteiger partial charge in [-0.2, -0.15) is 0 Å². The number of rotatable bonds is 6. The first kappa shape index (κ1) is 24.2. The van der Waals surface area contributed by atoms with E-state index >= 15 is 0 Å². The van der Waals surface area contributed by atoms with Crippen LogP contribution in [-0.4, -0.2) is 21.4 Å². The topological polar surface area (TPSA) is 66.5 Å². The van der Waals surface area contributed by atoms with Gasteiger partial charge in [-0.05, 0) is 111 Å². The number of benzene rings is 3. The maximum Gasteiger partial charge on any atom is 0.264 e. The van der Waals surface area contributed by atoms with Crippen molar-refractivity contribution in [1.29, 1.82) is 0 Å². The first-order valence-electron chi connectivity index (χ1n) is 13.4. The fourth-order valence-corrected chi connectivity index (χ4v) is 8.61. The van der Waals surface area contributed by atoms with E-state index in [1.807, 2.05) is 19.1 Å². The molecule has 0 atom stereocenters. The van der Waals surface area contributed by atoms with E-state index in [0.29, 0.717) is 17.2 Å². The first-order chi connectivity index (χ1) is 17.8. The number of para-hydroxylation sites is 1. The van der Waals surface area contributed by atoms with Crippen LogP contribution < -0.4 is 9.62 Å². The summed E-state index contributed by atoms with van der Waals surface area (Å²) in [6, 6.07) is 21.9. The molecule has 1 N–H and O–H groups in total. The molecule has 192 valence electrons. The van der Waals surface area contributed by atoms with Crippen molar-refractivity contribution in [1.82, 2.24) is 0 Å². The summed E-state index contributed by atoms with van der Waals surface area (Å²) in [6.07, 6.45) is 6.98. The molecule has 4 bridgehead atoms. The van der Waals surface area contributed by atoms with Crippen LogP contribution >= 0.6 is 0 Å². The number of amides is 1. The SMILES string of the molecule is Cc1ccc(S(=O)(=O)N(C)c2ccccc2C(=O)Nc2ccc(C3C4CC5CC(C4)CC3C5)cc2)cc1. The van der Waals surface area contributed by atoms with E-state index < -0.39 is 10.0 Å². The van der Waals surface area contributed by atoms with E-state index in [-0.39, 0.29) is 10.8 Å². The Morgan fingerprint density at radius 3 is 2.03 bits per heavy atom.